The summed E-state index contributed by atoms with van der Waals surface area (Å²) < 4.78 is 35.3. The number of aldehydes is 1. The van der Waals surface area contributed by atoms with Gasteiger partial charge < -0.3 is 15.0 Å². The summed E-state index contributed by atoms with van der Waals surface area (Å²) in [7, 11) is 0. The number of rotatable bonds is 4. The van der Waals surface area contributed by atoms with Gasteiger partial charge in [0.1, 0.15) is 17.7 Å². The summed E-state index contributed by atoms with van der Waals surface area (Å²) in [4.78, 5) is 17.8. The fourth-order valence-electron chi connectivity index (χ4n) is 4.15. The molecule has 0 saturated carbocycles. The number of carbonyl (C=O) groups is 1. The summed E-state index contributed by atoms with van der Waals surface area (Å²) >= 11 is 0. The van der Waals surface area contributed by atoms with Gasteiger partial charge in [-0.1, -0.05) is 0 Å². The second-order valence-electron chi connectivity index (χ2n) is 7.10. The normalized spacial score (nSPS) is 25.6. The number of hydrogen-bond donors (Lipinski definition) is 1. The molecule has 1 aromatic heterocycles. The highest BCUT2D eigenvalue weighted by Crippen LogP contribution is 2.34. The minimum atomic E-state index is -0.661. The Labute approximate surface area is 155 Å². The van der Waals surface area contributed by atoms with Crippen LogP contribution in [0.4, 0.5) is 8.78 Å². The third kappa shape index (κ3) is 3.18. The van der Waals surface area contributed by atoms with E-state index in [2.05, 4.69) is 9.88 Å². The first-order chi connectivity index (χ1) is 13.0. The monoisotopic (exact) mass is 376 g/mol. The van der Waals surface area contributed by atoms with Crippen LogP contribution in [0.5, 0.6) is 0 Å². The zero-order valence-electron chi connectivity index (χ0n) is 15.1. The number of nitrogens with two attached hydrogens (primary N) is 1. The quantitative estimate of drug-likeness (QED) is 0.828. The van der Waals surface area contributed by atoms with Gasteiger partial charge in [0.15, 0.2) is 12.1 Å². The molecule has 3 atom stereocenters. The Morgan fingerprint density at radius 3 is 2.89 bits per heavy atom. The molecular formula is C19H22F2N4O2. The van der Waals surface area contributed by atoms with E-state index in [1.165, 1.54) is 0 Å². The first kappa shape index (κ1) is 18.2. The van der Waals surface area contributed by atoms with E-state index in [9.17, 15) is 13.6 Å². The van der Waals surface area contributed by atoms with Crippen LogP contribution in [0.25, 0.3) is 0 Å². The van der Waals surface area contributed by atoms with Gasteiger partial charge in [-0.15, -0.1) is 0 Å². The zero-order valence-corrected chi connectivity index (χ0v) is 15.1. The number of nitrogens with zero attached hydrogens (tertiary/aromatic N) is 3. The van der Waals surface area contributed by atoms with Gasteiger partial charge >= 0.3 is 0 Å². The van der Waals surface area contributed by atoms with Crippen molar-refractivity contribution in [2.24, 2.45) is 5.73 Å². The van der Waals surface area contributed by atoms with Crippen molar-refractivity contribution in [3.05, 3.63) is 52.6 Å². The third-order valence-electron chi connectivity index (χ3n) is 5.49. The fraction of sp³-hybridized carbons (Fsp3) is 0.474. The third-order valence-corrected chi connectivity index (χ3v) is 5.49. The van der Waals surface area contributed by atoms with Crippen LogP contribution in [0.2, 0.25) is 0 Å². The molecule has 0 spiro atoms. The number of halogens is 2. The molecule has 2 aliphatic rings. The summed E-state index contributed by atoms with van der Waals surface area (Å²) in [5.74, 6) is -0.556. The van der Waals surface area contributed by atoms with Crippen LogP contribution >= 0.6 is 0 Å². The van der Waals surface area contributed by atoms with Gasteiger partial charge in [0.05, 0.1) is 18.0 Å². The second kappa shape index (κ2) is 7.10. The minimum Gasteiger partial charge on any atom is -0.370 e. The van der Waals surface area contributed by atoms with Crippen molar-refractivity contribution >= 4 is 6.29 Å². The highest BCUT2D eigenvalue weighted by molar-refractivity contribution is 5.70. The number of hydrogen-bond acceptors (Lipinski definition) is 5. The van der Waals surface area contributed by atoms with E-state index in [-0.39, 0.29) is 11.6 Å². The zero-order chi connectivity index (χ0) is 19.1. The Kier molecular flexibility index (Phi) is 4.79. The number of ether oxygens (including phenoxy) is 1. The van der Waals surface area contributed by atoms with Gasteiger partial charge in [-0.2, -0.15) is 0 Å². The summed E-state index contributed by atoms with van der Waals surface area (Å²) in [6, 6.07) is 2.96. The molecule has 1 aromatic carbocycles. The molecule has 0 aliphatic carbocycles. The fourth-order valence-corrected chi connectivity index (χ4v) is 4.15. The minimum absolute atomic E-state index is 0.0621. The second-order valence-corrected chi connectivity index (χ2v) is 7.10. The molecule has 1 saturated heterocycles. The van der Waals surface area contributed by atoms with E-state index in [1.807, 2.05) is 11.5 Å². The maximum atomic E-state index is 14.1. The molecular weight excluding hydrogens is 354 g/mol. The van der Waals surface area contributed by atoms with Crippen LogP contribution < -0.4 is 5.73 Å². The molecule has 2 aliphatic heterocycles. The van der Waals surface area contributed by atoms with Crippen LogP contribution in [0.1, 0.15) is 47.0 Å². The molecule has 4 rings (SSSR count). The van der Waals surface area contributed by atoms with Crippen molar-refractivity contribution in [1.29, 1.82) is 0 Å². The Morgan fingerprint density at radius 1 is 1.37 bits per heavy atom. The molecule has 0 amide bonds. The van der Waals surface area contributed by atoms with Crippen molar-refractivity contribution in [3.63, 3.8) is 0 Å². The molecule has 8 heteroatoms. The summed E-state index contributed by atoms with van der Waals surface area (Å²) in [6.45, 7) is 4.35. The Balaban J connectivity index is 1.47. The maximum absolute atomic E-state index is 14.1. The lowest BCUT2D eigenvalue weighted by molar-refractivity contribution is -0.0535. The number of fused-ring (bicyclic) bond motifs is 1. The molecule has 144 valence electrons. The van der Waals surface area contributed by atoms with E-state index in [0.29, 0.717) is 38.5 Å². The van der Waals surface area contributed by atoms with Gasteiger partial charge in [-0.3, -0.25) is 9.69 Å². The van der Waals surface area contributed by atoms with Crippen LogP contribution in [0.15, 0.2) is 18.2 Å². The Bertz CT molecular complexity index is 870. The van der Waals surface area contributed by atoms with Crippen molar-refractivity contribution in [3.8, 4) is 0 Å². The average Bonchev–Trinajstić information content (AvgIpc) is 3.21. The van der Waals surface area contributed by atoms with E-state index in [4.69, 9.17) is 10.5 Å². The number of imidazole rings is 1. The van der Waals surface area contributed by atoms with Crippen LogP contribution in [-0.2, 0) is 24.4 Å². The number of carbonyl (C=O) groups excluding carboxylic acids is 1. The SMILES string of the molecule is CCn1c(C=O)nc2c1CN(C1CO[C@H](c3cc(F)ccc3F)C(N)C1)C2. The standard InChI is InChI=1S/C19H22F2N4O2/c1-2-25-17-8-24(7-16(17)23-18(25)9-26)12-6-15(22)19(27-10-12)13-5-11(20)3-4-14(13)21/h3-5,9,12,15,19H,2,6-8,10,22H2,1H3/t12?,15?,19-/m1/s1. The lowest BCUT2D eigenvalue weighted by atomic mass is 9.93. The van der Waals surface area contributed by atoms with Crippen LogP contribution in [-0.4, -0.2) is 39.4 Å². The molecule has 2 N–H and O–H groups in total. The largest absolute Gasteiger partial charge is 0.370 e. The van der Waals surface area contributed by atoms with Crippen molar-refractivity contribution < 1.29 is 18.3 Å². The highest BCUT2D eigenvalue weighted by Gasteiger charge is 2.37. The molecule has 2 aromatic rings. The van der Waals surface area contributed by atoms with Crippen molar-refractivity contribution in [2.75, 3.05) is 6.61 Å². The highest BCUT2D eigenvalue weighted by atomic mass is 19.1. The van der Waals surface area contributed by atoms with Crippen LogP contribution in [0, 0.1) is 11.6 Å². The van der Waals surface area contributed by atoms with Crippen molar-refractivity contribution in [2.45, 2.75) is 51.2 Å². The van der Waals surface area contributed by atoms with Gasteiger partial charge in [-0.05, 0) is 31.5 Å². The molecule has 1 fully saturated rings. The summed E-state index contributed by atoms with van der Waals surface area (Å²) in [6.07, 6.45) is 0.729. The maximum Gasteiger partial charge on any atom is 0.185 e. The topological polar surface area (TPSA) is 73.4 Å². The van der Waals surface area contributed by atoms with Gasteiger partial charge in [0.25, 0.3) is 0 Å². The molecule has 27 heavy (non-hydrogen) atoms. The van der Waals surface area contributed by atoms with Crippen LogP contribution in [0.3, 0.4) is 0 Å². The average molecular weight is 376 g/mol. The van der Waals surface area contributed by atoms with Gasteiger partial charge in [0.2, 0.25) is 0 Å². The van der Waals surface area contributed by atoms with Gasteiger partial charge in [0, 0.05) is 37.3 Å². The lowest BCUT2D eigenvalue weighted by Gasteiger charge is -2.38. The molecule has 3 heterocycles. The van der Waals surface area contributed by atoms with Crippen molar-refractivity contribution in [1.82, 2.24) is 14.5 Å². The molecule has 0 radical (unpaired) electrons. The molecule has 0 bridgehead atoms. The number of aromatic nitrogens is 2. The first-order valence-electron chi connectivity index (χ1n) is 9.11. The van der Waals surface area contributed by atoms with E-state index in [1.54, 1.807) is 0 Å². The Morgan fingerprint density at radius 2 is 2.19 bits per heavy atom. The number of benzene rings is 1. The first-order valence-corrected chi connectivity index (χ1v) is 9.11. The summed E-state index contributed by atoms with van der Waals surface area (Å²) in [5, 5.41) is 0. The van der Waals surface area contributed by atoms with E-state index >= 15 is 0 Å². The van der Waals surface area contributed by atoms with Gasteiger partial charge in [-0.25, -0.2) is 13.8 Å². The summed E-state index contributed by atoms with van der Waals surface area (Å²) in [5.41, 5.74) is 8.38. The predicted molar refractivity (Wildman–Crippen MR) is 94.0 cm³/mol. The van der Waals surface area contributed by atoms with E-state index < -0.39 is 23.8 Å². The lowest BCUT2D eigenvalue weighted by Crippen LogP contribution is -2.47. The molecule has 6 nitrogen and oxygen atoms in total. The smallest absolute Gasteiger partial charge is 0.185 e. The Hall–Kier alpha value is -2.16. The predicted octanol–water partition coefficient (Wildman–Crippen LogP) is 2.17. The molecule has 2 unspecified atom stereocenters. The van der Waals surface area contributed by atoms with E-state index in [0.717, 1.165) is 35.9 Å².